The van der Waals surface area contributed by atoms with E-state index in [1.165, 1.54) is 6.20 Å². The molecule has 0 bridgehead atoms. The molecule has 0 aliphatic carbocycles. The lowest BCUT2D eigenvalue weighted by Crippen LogP contribution is -2.23. The standard InChI is InChI=1S/C9H11N5O2/c1-5-7(3-11-13-5)9(15)10-4-8-12-6(2)14-16-8/h3H,4H2,1-2H3,(H,10,15)(H,11,13). The second-order valence-corrected chi connectivity index (χ2v) is 3.33. The van der Waals surface area contributed by atoms with Gasteiger partial charge in [-0.2, -0.15) is 10.1 Å². The molecule has 7 nitrogen and oxygen atoms in total. The Bertz CT molecular complexity index is 501. The van der Waals surface area contributed by atoms with Crippen molar-refractivity contribution in [2.75, 3.05) is 0 Å². The third-order valence-corrected chi connectivity index (χ3v) is 2.04. The lowest BCUT2D eigenvalue weighted by atomic mass is 10.2. The summed E-state index contributed by atoms with van der Waals surface area (Å²) in [6.45, 7) is 3.71. The number of carbonyl (C=O) groups is 1. The van der Waals surface area contributed by atoms with Crippen LogP contribution in [0.5, 0.6) is 0 Å². The van der Waals surface area contributed by atoms with Crippen LogP contribution in [-0.2, 0) is 6.54 Å². The molecule has 16 heavy (non-hydrogen) atoms. The number of hydrogen-bond acceptors (Lipinski definition) is 5. The third-order valence-electron chi connectivity index (χ3n) is 2.04. The maximum Gasteiger partial charge on any atom is 0.255 e. The lowest BCUT2D eigenvalue weighted by molar-refractivity contribution is 0.0945. The van der Waals surface area contributed by atoms with Crippen molar-refractivity contribution in [1.29, 1.82) is 0 Å². The largest absolute Gasteiger partial charge is 0.343 e. The minimum Gasteiger partial charge on any atom is -0.343 e. The van der Waals surface area contributed by atoms with Gasteiger partial charge in [0.25, 0.3) is 5.91 Å². The molecule has 2 aromatic heterocycles. The number of carbonyl (C=O) groups excluding carboxylic acids is 1. The zero-order chi connectivity index (χ0) is 11.5. The molecule has 0 saturated heterocycles. The molecule has 0 atom stereocenters. The zero-order valence-corrected chi connectivity index (χ0v) is 8.94. The van der Waals surface area contributed by atoms with E-state index in [9.17, 15) is 4.79 Å². The molecule has 0 radical (unpaired) electrons. The van der Waals surface area contributed by atoms with Gasteiger partial charge in [-0.1, -0.05) is 5.16 Å². The quantitative estimate of drug-likeness (QED) is 0.778. The minimum atomic E-state index is -0.220. The lowest BCUT2D eigenvalue weighted by Gasteiger charge is -1.99. The Balaban J connectivity index is 1.96. The minimum absolute atomic E-state index is 0.213. The number of rotatable bonds is 3. The SMILES string of the molecule is Cc1noc(CNC(=O)c2cn[nH]c2C)n1. The smallest absolute Gasteiger partial charge is 0.255 e. The van der Waals surface area contributed by atoms with Crippen LogP contribution in [0, 0.1) is 13.8 Å². The summed E-state index contributed by atoms with van der Waals surface area (Å²) in [5, 5.41) is 12.7. The Morgan fingerprint density at radius 1 is 1.56 bits per heavy atom. The van der Waals surface area contributed by atoms with E-state index in [1.807, 2.05) is 0 Å². The molecule has 0 aromatic carbocycles. The van der Waals surface area contributed by atoms with Crippen molar-refractivity contribution >= 4 is 5.91 Å². The van der Waals surface area contributed by atoms with Crippen LogP contribution in [0.4, 0.5) is 0 Å². The van der Waals surface area contributed by atoms with Gasteiger partial charge >= 0.3 is 0 Å². The van der Waals surface area contributed by atoms with Crippen LogP contribution in [0.15, 0.2) is 10.7 Å². The second-order valence-electron chi connectivity index (χ2n) is 3.33. The molecule has 84 valence electrons. The first-order chi connectivity index (χ1) is 7.66. The van der Waals surface area contributed by atoms with E-state index in [1.54, 1.807) is 13.8 Å². The number of hydrogen-bond donors (Lipinski definition) is 2. The van der Waals surface area contributed by atoms with Crippen molar-refractivity contribution in [1.82, 2.24) is 25.7 Å². The predicted molar refractivity (Wildman–Crippen MR) is 53.5 cm³/mol. The highest BCUT2D eigenvalue weighted by molar-refractivity contribution is 5.94. The Hall–Kier alpha value is -2.18. The molecular formula is C9H11N5O2. The van der Waals surface area contributed by atoms with Crippen molar-refractivity contribution in [3.63, 3.8) is 0 Å². The van der Waals surface area contributed by atoms with Gasteiger partial charge in [0, 0.05) is 5.69 Å². The van der Waals surface area contributed by atoms with E-state index in [0.717, 1.165) is 5.69 Å². The summed E-state index contributed by atoms with van der Waals surface area (Å²) in [6, 6.07) is 0. The summed E-state index contributed by atoms with van der Waals surface area (Å²) in [4.78, 5) is 15.6. The molecule has 7 heteroatoms. The van der Waals surface area contributed by atoms with Crippen LogP contribution in [0.2, 0.25) is 0 Å². The summed E-state index contributed by atoms with van der Waals surface area (Å²) in [6.07, 6.45) is 1.48. The molecule has 0 spiro atoms. The zero-order valence-electron chi connectivity index (χ0n) is 8.94. The van der Waals surface area contributed by atoms with Crippen LogP contribution < -0.4 is 5.32 Å². The first-order valence-corrected chi connectivity index (χ1v) is 4.74. The molecule has 2 heterocycles. The highest BCUT2D eigenvalue weighted by atomic mass is 16.5. The van der Waals surface area contributed by atoms with Crippen LogP contribution in [0.1, 0.15) is 27.8 Å². The van der Waals surface area contributed by atoms with Gasteiger partial charge in [0.1, 0.15) is 0 Å². The van der Waals surface area contributed by atoms with Crippen molar-refractivity contribution in [3.8, 4) is 0 Å². The molecule has 0 aliphatic rings. The molecule has 0 aliphatic heterocycles. The second kappa shape index (κ2) is 4.13. The maximum absolute atomic E-state index is 11.6. The number of aromatic amines is 1. The number of H-pyrrole nitrogens is 1. The first kappa shape index (κ1) is 10.3. The highest BCUT2D eigenvalue weighted by Gasteiger charge is 2.11. The molecule has 0 unspecified atom stereocenters. The van der Waals surface area contributed by atoms with Crippen molar-refractivity contribution in [2.24, 2.45) is 0 Å². The van der Waals surface area contributed by atoms with E-state index >= 15 is 0 Å². The number of aryl methyl sites for hydroxylation is 2. The fraction of sp³-hybridized carbons (Fsp3) is 0.333. The van der Waals surface area contributed by atoms with Gasteiger partial charge in [-0.05, 0) is 13.8 Å². The number of aromatic nitrogens is 4. The monoisotopic (exact) mass is 221 g/mol. The molecular weight excluding hydrogens is 210 g/mol. The Morgan fingerprint density at radius 3 is 2.94 bits per heavy atom. The van der Waals surface area contributed by atoms with Gasteiger partial charge in [-0.3, -0.25) is 9.89 Å². The highest BCUT2D eigenvalue weighted by Crippen LogP contribution is 2.02. The first-order valence-electron chi connectivity index (χ1n) is 4.74. The fourth-order valence-corrected chi connectivity index (χ4v) is 1.24. The topological polar surface area (TPSA) is 96.7 Å². The van der Waals surface area contributed by atoms with Crippen LogP contribution >= 0.6 is 0 Å². The third kappa shape index (κ3) is 2.08. The molecule has 2 aromatic rings. The van der Waals surface area contributed by atoms with Crippen molar-refractivity contribution in [3.05, 3.63) is 29.2 Å². The van der Waals surface area contributed by atoms with Crippen LogP contribution in [-0.4, -0.2) is 26.2 Å². The van der Waals surface area contributed by atoms with E-state index in [0.29, 0.717) is 17.3 Å². The van der Waals surface area contributed by atoms with E-state index in [2.05, 4.69) is 25.7 Å². The summed E-state index contributed by atoms with van der Waals surface area (Å²) in [7, 11) is 0. The number of nitrogens with one attached hydrogen (secondary N) is 2. The Labute approximate surface area is 91.2 Å². The Morgan fingerprint density at radius 2 is 2.38 bits per heavy atom. The average Bonchev–Trinajstić information content (AvgIpc) is 2.84. The van der Waals surface area contributed by atoms with Gasteiger partial charge in [0.2, 0.25) is 5.89 Å². The van der Waals surface area contributed by atoms with E-state index in [-0.39, 0.29) is 12.5 Å². The summed E-state index contributed by atoms with van der Waals surface area (Å²) in [5.41, 5.74) is 1.23. The van der Waals surface area contributed by atoms with Gasteiger partial charge in [-0.25, -0.2) is 0 Å². The Kier molecular flexibility index (Phi) is 2.67. The number of nitrogens with zero attached hydrogens (tertiary/aromatic N) is 3. The van der Waals surface area contributed by atoms with Gasteiger partial charge < -0.3 is 9.84 Å². The average molecular weight is 221 g/mol. The molecule has 2 N–H and O–H groups in total. The molecule has 2 rings (SSSR count). The van der Waals surface area contributed by atoms with Gasteiger partial charge in [0.15, 0.2) is 5.82 Å². The van der Waals surface area contributed by atoms with Gasteiger partial charge in [-0.15, -0.1) is 0 Å². The van der Waals surface area contributed by atoms with Crippen LogP contribution in [0.25, 0.3) is 0 Å². The van der Waals surface area contributed by atoms with Crippen molar-refractivity contribution in [2.45, 2.75) is 20.4 Å². The normalized spacial score (nSPS) is 10.4. The van der Waals surface area contributed by atoms with Crippen LogP contribution in [0.3, 0.4) is 0 Å². The van der Waals surface area contributed by atoms with E-state index < -0.39 is 0 Å². The molecule has 1 amide bonds. The summed E-state index contributed by atoms with van der Waals surface area (Å²) >= 11 is 0. The molecule has 0 saturated carbocycles. The summed E-state index contributed by atoms with van der Waals surface area (Å²) in [5.74, 6) is 0.706. The predicted octanol–water partition coefficient (Wildman–Crippen LogP) is 0.340. The fourth-order valence-electron chi connectivity index (χ4n) is 1.24. The van der Waals surface area contributed by atoms with Gasteiger partial charge in [0.05, 0.1) is 18.3 Å². The summed E-state index contributed by atoms with van der Waals surface area (Å²) < 4.78 is 4.86. The number of amides is 1. The van der Waals surface area contributed by atoms with E-state index in [4.69, 9.17) is 4.52 Å². The molecule has 0 fully saturated rings. The van der Waals surface area contributed by atoms with Crippen molar-refractivity contribution < 1.29 is 9.32 Å². The maximum atomic E-state index is 11.6.